The first-order chi connectivity index (χ1) is 18.7. The predicted octanol–water partition coefficient (Wildman–Crippen LogP) is 5.12. The SMILES string of the molecule is O=[N+]([O-])c1cn2c(n1)O[C@@H](COc1ccc(N3CCC(CCOc4ccc(C(F)(F)F)cn4)CC3)cc1)CC2. The molecule has 5 rings (SSSR count). The number of nitrogens with zero attached hydrogens (tertiary/aromatic N) is 5. The van der Waals surface area contributed by atoms with Crippen LogP contribution in [0.2, 0.25) is 0 Å². The molecule has 13 heteroatoms. The summed E-state index contributed by atoms with van der Waals surface area (Å²) < 4.78 is 56.7. The second kappa shape index (κ2) is 11.4. The number of ether oxygens (including phenoxy) is 3. The molecule has 2 aliphatic rings. The van der Waals surface area contributed by atoms with Crippen molar-refractivity contribution in [3.63, 3.8) is 0 Å². The molecule has 10 nitrogen and oxygen atoms in total. The molecule has 0 bridgehead atoms. The first-order valence-corrected chi connectivity index (χ1v) is 12.8. The summed E-state index contributed by atoms with van der Waals surface area (Å²) in [4.78, 5) is 20.3. The second-order valence-corrected chi connectivity index (χ2v) is 9.62. The first-order valence-electron chi connectivity index (χ1n) is 12.8. The lowest BCUT2D eigenvalue weighted by Crippen LogP contribution is -2.34. The van der Waals surface area contributed by atoms with E-state index >= 15 is 0 Å². The third-order valence-electron chi connectivity index (χ3n) is 6.97. The number of anilines is 1. The highest BCUT2D eigenvalue weighted by Gasteiger charge is 2.31. The Hall–Kier alpha value is -4.03. The van der Waals surface area contributed by atoms with Crippen LogP contribution in [0.5, 0.6) is 17.6 Å². The van der Waals surface area contributed by atoms with Crippen LogP contribution in [0.3, 0.4) is 0 Å². The average Bonchev–Trinajstić information content (AvgIpc) is 3.37. The minimum atomic E-state index is -4.41. The van der Waals surface area contributed by atoms with Gasteiger partial charge in [0.2, 0.25) is 5.88 Å². The van der Waals surface area contributed by atoms with Crippen LogP contribution in [0.25, 0.3) is 0 Å². The number of rotatable bonds is 9. The highest BCUT2D eigenvalue weighted by molar-refractivity contribution is 5.49. The molecule has 3 aromatic rings. The minimum Gasteiger partial charge on any atom is -0.490 e. The van der Waals surface area contributed by atoms with Gasteiger partial charge in [-0.3, -0.25) is 4.57 Å². The van der Waals surface area contributed by atoms with Crippen LogP contribution in [0.15, 0.2) is 48.8 Å². The molecular weight excluding hydrogens is 519 g/mol. The highest BCUT2D eigenvalue weighted by Crippen LogP contribution is 2.30. The Morgan fingerprint density at radius 3 is 2.49 bits per heavy atom. The fourth-order valence-electron chi connectivity index (χ4n) is 4.72. The maximum absolute atomic E-state index is 12.6. The summed E-state index contributed by atoms with van der Waals surface area (Å²) in [5, 5.41) is 10.9. The molecule has 1 fully saturated rings. The normalized spacial score (nSPS) is 17.8. The molecule has 208 valence electrons. The minimum absolute atomic E-state index is 0.202. The molecule has 1 saturated heterocycles. The van der Waals surface area contributed by atoms with E-state index in [1.54, 1.807) is 4.57 Å². The number of hydrogen-bond acceptors (Lipinski definition) is 8. The van der Waals surface area contributed by atoms with Gasteiger partial charge in [-0.1, -0.05) is 0 Å². The van der Waals surface area contributed by atoms with E-state index in [1.165, 1.54) is 12.3 Å². The average molecular weight is 548 g/mol. The molecule has 1 atom stereocenters. The predicted molar refractivity (Wildman–Crippen MR) is 134 cm³/mol. The third kappa shape index (κ3) is 6.70. The molecule has 4 heterocycles. The van der Waals surface area contributed by atoms with Crippen LogP contribution in [0, 0.1) is 16.0 Å². The third-order valence-corrected chi connectivity index (χ3v) is 6.97. The summed E-state index contributed by atoms with van der Waals surface area (Å²) in [5.74, 6) is 1.17. The summed E-state index contributed by atoms with van der Waals surface area (Å²) in [6, 6.07) is 10.3. The van der Waals surface area contributed by atoms with E-state index in [0.717, 1.165) is 50.3 Å². The van der Waals surface area contributed by atoms with Crippen LogP contribution in [0.4, 0.5) is 24.7 Å². The van der Waals surface area contributed by atoms with Gasteiger partial charge in [0.05, 0.1) is 12.2 Å². The Labute approximate surface area is 222 Å². The number of piperidine rings is 1. The van der Waals surface area contributed by atoms with Gasteiger partial charge in [-0.15, -0.1) is 0 Å². The van der Waals surface area contributed by atoms with Gasteiger partial charge in [0.25, 0.3) is 0 Å². The number of aryl methyl sites for hydroxylation is 1. The number of nitro groups is 1. The Morgan fingerprint density at radius 2 is 1.82 bits per heavy atom. The molecule has 0 aliphatic carbocycles. The molecule has 2 aromatic heterocycles. The maximum atomic E-state index is 12.6. The largest absolute Gasteiger partial charge is 0.490 e. The zero-order valence-electron chi connectivity index (χ0n) is 21.0. The number of alkyl halides is 3. The number of imidazole rings is 1. The van der Waals surface area contributed by atoms with Crippen molar-refractivity contribution in [2.75, 3.05) is 31.2 Å². The van der Waals surface area contributed by atoms with Crippen molar-refractivity contribution in [1.82, 2.24) is 14.5 Å². The van der Waals surface area contributed by atoms with Crippen molar-refractivity contribution >= 4 is 11.5 Å². The Kier molecular flexibility index (Phi) is 7.75. The standard InChI is InChI=1S/C26H28F3N5O5/c27-26(28,29)19-1-6-24(30-15-19)37-14-10-18-7-11-32(12-8-18)20-2-4-21(5-3-20)38-17-22-9-13-33-16-23(34(35)36)31-25(33)39-22/h1-6,15-16,18,22H,7-14,17H2/t22-/m1/s1. The number of pyridine rings is 1. The lowest BCUT2D eigenvalue weighted by atomic mass is 9.93. The van der Waals surface area contributed by atoms with Crippen molar-refractivity contribution in [1.29, 1.82) is 0 Å². The fraction of sp³-hybridized carbons (Fsp3) is 0.462. The zero-order valence-corrected chi connectivity index (χ0v) is 21.0. The van der Waals surface area contributed by atoms with E-state index in [4.69, 9.17) is 14.2 Å². The topological polar surface area (TPSA) is 105 Å². The van der Waals surface area contributed by atoms with E-state index in [0.29, 0.717) is 37.8 Å². The summed E-state index contributed by atoms with van der Waals surface area (Å²) in [6.45, 7) is 3.11. The van der Waals surface area contributed by atoms with Gasteiger partial charge in [0.15, 0.2) is 0 Å². The van der Waals surface area contributed by atoms with Crippen molar-refractivity contribution in [2.45, 2.75) is 44.5 Å². The molecule has 0 radical (unpaired) electrons. The van der Waals surface area contributed by atoms with Gasteiger partial charge in [0, 0.05) is 49.0 Å². The van der Waals surface area contributed by atoms with Gasteiger partial charge in [-0.2, -0.15) is 13.2 Å². The van der Waals surface area contributed by atoms with E-state index in [1.807, 2.05) is 24.3 Å². The number of halogens is 3. The maximum Gasteiger partial charge on any atom is 0.417 e. The second-order valence-electron chi connectivity index (χ2n) is 9.62. The summed E-state index contributed by atoms with van der Waals surface area (Å²) in [7, 11) is 0. The van der Waals surface area contributed by atoms with Crippen LogP contribution >= 0.6 is 0 Å². The van der Waals surface area contributed by atoms with Gasteiger partial charge >= 0.3 is 18.0 Å². The van der Waals surface area contributed by atoms with Crippen molar-refractivity contribution in [3.8, 4) is 17.6 Å². The van der Waals surface area contributed by atoms with Crippen LogP contribution in [-0.4, -0.2) is 51.9 Å². The molecule has 39 heavy (non-hydrogen) atoms. The Bertz CT molecular complexity index is 1260. The molecule has 0 spiro atoms. The first kappa shape index (κ1) is 26.6. The summed E-state index contributed by atoms with van der Waals surface area (Å²) in [6.07, 6.45) is 1.00. The zero-order chi connectivity index (χ0) is 27.4. The molecule has 0 amide bonds. The van der Waals surface area contributed by atoms with E-state index < -0.39 is 16.7 Å². The van der Waals surface area contributed by atoms with Crippen molar-refractivity contribution in [3.05, 3.63) is 64.5 Å². The van der Waals surface area contributed by atoms with E-state index in [9.17, 15) is 23.3 Å². The van der Waals surface area contributed by atoms with Crippen molar-refractivity contribution in [2.24, 2.45) is 5.92 Å². The van der Waals surface area contributed by atoms with Gasteiger partial charge < -0.3 is 29.2 Å². The number of benzene rings is 1. The van der Waals surface area contributed by atoms with E-state index in [2.05, 4.69) is 14.9 Å². The number of fused-ring (bicyclic) bond motifs is 1. The monoisotopic (exact) mass is 547 g/mol. The van der Waals surface area contributed by atoms with Crippen molar-refractivity contribution < 1.29 is 32.3 Å². The van der Waals surface area contributed by atoms with E-state index in [-0.39, 0.29) is 23.8 Å². The molecule has 0 unspecified atom stereocenters. The Balaban J connectivity index is 1.02. The lowest BCUT2D eigenvalue weighted by molar-refractivity contribution is -0.389. The fourth-order valence-corrected chi connectivity index (χ4v) is 4.72. The summed E-state index contributed by atoms with van der Waals surface area (Å²) in [5.41, 5.74) is 0.318. The van der Waals surface area contributed by atoms with Gasteiger partial charge in [-0.05, 0) is 60.4 Å². The molecular formula is C26H28F3N5O5. The molecule has 0 saturated carbocycles. The highest BCUT2D eigenvalue weighted by atomic mass is 19.4. The smallest absolute Gasteiger partial charge is 0.417 e. The van der Waals surface area contributed by atoms with Crippen LogP contribution in [-0.2, 0) is 12.7 Å². The van der Waals surface area contributed by atoms with Crippen LogP contribution < -0.4 is 19.1 Å². The van der Waals surface area contributed by atoms with Crippen LogP contribution in [0.1, 0.15) is 31.2 Å². The molecule has 2 aliphatic heterocycles. The molecule has 0 N–H and O–H groups in total. The molecule has 1 aromatic carbocycles. The number of aromatic nitrogens is 3. The lowest BCUT2D eigenvalue weighted by Gasteiger charge is -2.33. The van der Waals surface area contributed by atoms with Gasteiger partial charge in [-0.25, -0.2) is 4.98 Å². The quantitative estimate of drug-likeness (QED) is 0.269. The van der Waals surface area contributed by atoms with Gasteiger partial charge in [0.1, 0.15) is 24.7 Å². The summed E-state index contributed by atoms with van der Waals surface area (Å²) >= 11 is 0. The Morgan fingerprint density at radius 1 is 1.05 bits per heavy atom. The number of hydrogen-bond donors (Lipinski definition) is 0.